The zero-order valence-corrected chi connectivity index (χ0v) is 16.5. The number of methoxy groups -OCH3 is 1. The zero-order chi connectivity index (χ0) is 17.4. The van der Waals surface area contributed by atoms with Crippen LogP contribution in [0.2, 0.25) is 0 Å². The van der Waals surface area contributed by atoms with Gasteiger partial charge in [0.05, 0.1) is 6.61 Å². The first-order valence-electron chi connectivity index (χ1n) is 8.66. The number of nitrogens with zero attached hydrogens (tertiary/aromatic N) is 2. The Morgan fingerprint density at radius 3 is 3.04 bits per heavy atom. The second-order valence-corrected chi connectivity index (χ2v) is 7.22. The fourth-order valence-corrected chi connectivity index (χ4v) is 3.34. The normalized spacial score (nSPS) is 19.4. The number of hydrogen-bond acceptors (Lipinski definition) is 3. The average Bonchev–Trinajstić information content (AvgIpc) is 3.02. The van der Waals surface area contributed by atoms with Crippen molar-refractivity contribution in [2.75, 3.05) is 44.8 Å². The summed E-state index contributed by atoms with van der Waals surface area (Å²) in [6.45, 7) is 8.72. The Labute approximate surface area is 154 Å². The third-order valence-corrected chi connectivity index (χ3v) is 4.60. The van der Waals surface area contributed by atoms with E-state index >= 15 is 0 Å². The van der Waals surface area contributed by atoms with Gasteiger partial charge in [-0.05, 0) is 44.4 Å². The second-order valence-electron chi connectivity index (χ2n) is 6.30. The molecule has 0 bridgehead atoms. The first-order valence-corrected chi connectivity index (χ1v) is 9.46. The molecular weight excluding hydrogens is 368 g/mol. The lowest BCUT2D eigenvalue weighted by atomic mass is 10.1. The van der Waals surface area contributed by atoms with Crippen molar-refractivity contribution in [3.05, 3.63) is 28.7 Å². The fraction of sp³-hybridized carbons (Fsp3) is 0.611. The van der Waals surface area contributed by atoms with Gasteiger partial charge in [-0.15, -0.1) is 0 Å². The lowest BCUT2D eigenvalue weighted by Crippen LogP contribution is -2.44. The van der Waals surface area contributed by atoms with Crippen LogP contribution >= 0.6 is 15.9 Å². The molecule has 0 spiro atoms. The molecule has 1 fully saturated rings. The number of aliphatic imine (C=N–C) groups is 1. The SMILES string of the molecule is CCNC(=NCC1CCN(c2cccc(Br)c2)C1)NC(C)COC. The Balaban J connectivity index is 1.88. The molecule has 0 radical (unpaired) electrons. The summed E-state index contributed by atoms with van der Waals surface area (Å²) in [6.07, 6.45) is 1.18. The molecule has 134 valence electrons. The number of ether oxygens (including phenoxy) is 1. The van der Waals surface area contributed by atoms with E-state index in [0.717, 1.165) is 36.6 Å². The van der Waals surface area contributed by atoms with Crippen LogP contribution in [0.1, 0.15) is 20.3 Å². The van der Waals surface area contributed by atoms with Crippen LogP contribution in [0, 0.1) is 5.92 Å². The number of benzene rings is 1. The van der Waals surface area contributed by atoms with Crippen LogP contribution in [0.4, 0.5) is 5.69 Å². The molecule has 0 saturated carbocycles. The van der Waals surface area contributed by atoms with Crippen molar-refractivity contribution in [3.63, 3.8) is 0 Å². The fourth-order valence-electron chi connectivity index (χ4n) is 2.95. The van der Waals surface area contributed by atoms with Gasteiger partial charge in [-0.25, -0.2) is 0 Å². The summed E-state index contributed by atoms with van der Waals surface area (Å²) in [5.74, 6) is 1.47. The van der Waals surface area contributed by atoms with Gasteiger partial charge in [0.1, 0.15) is 0 Å². The summed E-state index contributed by atoms with van der Waals surface area (Å²) in [4.78, 5) is 7.21. The number of rotatable bonds is 7. The van der Waals surface area contributed by atoms with Crippen LogP contribution in [0.15, 0.2) is 33.7 Å². The minimum absolute atomic E-state index is 0.245. The first kappa shape index (κ1) is 19.1. The Hall–Kier alpha value is -1.27. The Morgan fingerprint density at radius 1 is 1.50 bits per heavy atom. The third-order valence-electron chi connectivity index (χ3n) is 4.11. The van der Waals surface area contributed by atoms with E-state index in [1.165, 1.54) is 12.1 Å². The largest absolute Gasteiger partial charge is 0.383 e. The molecule has 6 heteroatoms. The highest BCUT2D eigenvalue weighted by Gasteiger charge is 2.22. The van der Waals surface area contributed by atoms with Crippen molar-refractivity contribution in [1.29, 1.82) is 0 Å². The average molecular weight is 397 g/mol. The highest BCUT2D eigenvalue weighted by Crippen LogP contribution is 2.26. The maximum absolute atomic E-state index is 5.18. The van der Waals surface area contributed by atoms with Gasteiger partial charge in [-0.1, -0.05) is 22.0 Å². The van der Waals surface area contributed by atoms with Crippen molar-refractivity contribution in [2.24, 2.45) is 10.9 Å². The van der Waals surface area contributed by atoms with Crippen molar-refractivity contribution in [1.82, 2.24) is 10.6 Å². The smallest absolute Gasteiger partial charge is 0.191 e. The number of nitrogens with one attached hydrogen (secondary N) is 2. The maximum Gasteiger partial charge on any atom is 0.191 e. The van der Waals surface area contributed by atoms with Gasteiger partial charge in [-0.3, -0.25) is 4.99 Å². The minimum Gasteiger partial charge on any atom is -0.383 e. The van der Waals surface area contributed by atoms with Gasteiger partial charge in [0.2, 0.25) is 0 Å². The highest BCUT2D eigenvalue weighted by atomic mass is 79.9. The summed E-state index contributed by atoms with van der Waals surface area (Å²) >= 11 is 3.55. The van der Waals surface area contributed by atoms with E-state index in [9.17, 15) is 0 Å². The van der Waals surface area contributed by atoms with Crippen LogP contribution in [0.25, 0.3) is 0 Å². The third kappa shape index (κ3) is 5.98. The molecule has 1 aliphatic heterocycles. The molecule has 1 saturated heterocycles. The molecule has 2 atom stereocenters. The predicted molar refractivity (Wildman–Crippen MR) is 105 cm³/mol. The molecule has 0 aliphatic carbocycles. The number of anilines is 1. The summed E-state index contributed by atoms with van der Waals surface area (Å²) in [7, 11) is 1.72. The van der Waals surface area contributed by atoms with E-state index in [0.29, 0.717) is 12.5 Å². The quantitative estimate of drug-likeness (QED) is 0.549. The molecule has 1 aromatic rings. The van der Waals surface area contributed by atoms with Gasteiger partial charge in [0.25, 0.3) is 0 Å². The summed E-state index contributed by atoms with van der Waals surface area (Å²) < 4.78 is 6.31. The molecule has 5 nitrogen and oxygen atoms in total. The Kier molecular flexibility index (Phi) is 7.85. The summed E-state index contributed by atoms with van der Waals surface area (Å²) in [5, 5.41) is 6.70. The van der Waals surface area contributed by atoms with Crippen LogP contribution in [0.5, 0.6) is 0 Å². The molecule has 1 aromatic carbocycles. The van der Waals surface area contributed by atoms with E-state index in [2.05, 4.69) is 69.6 Å². The predicted octanol–water partition coefficient (Wildman–Crippen LogP) is 2.87. The number of hydrogen-bond donors (Lipinski definition) is 2. The monoisotopic (exact) mass is 396 g/mol. The molecule has 1 aliphatic rings. The van der Waals surface area contributed by atoms with Gasteiger partial charge in [0, 0.05) is 49.5 Å². The lowest BCUT2D eigenvalue weighted by Gasteiger charge is -2.19. The van der Waals surface area contributed by atoms with E-state index in [1.54, 1.807) is 7.11 Å². The molecule has 2 N–H and O–H groups in total. The van der Waals surface area contributed by atoms with Crippen molar-refractivity contribution in [2.45, 2.75) is 26.3 Å². The Morgan fingerprint density at radius 2 is 2.33 bits per heavy atom. The van der Waals surface area contributed by atoms with Crippen molar-refractivity contribution in [3.8, 4) is 0 Å². The molecule has 24 heavy (non-hydrogen) atoms. The lowest BCUT2D eigenvalue weighted by molar-refractivity contribution is 0.179. The Bertz CT molecular complexity index is 538. The second kappa shape index (κ2) is 9.89. The molecule has 1 heterocycles. The first-order chi connectivity index (χ1) is 11.6. The van der Waals surface area contributed by atoms with Crippen molar-refractivity contribution >= 4 is 27.6 Å². The minimum atomic E-state index is 0.245. The molecule has 0 amide bonds. The number of guanidine groups is 1. The topological polar surface area (TPSA) is 48.9 Å². The van der Waals surface area contributed by atoms with Crippen LogP contribution < -0.4 is 15.5 Å². The number of halogens is 1. The van der Waals surface area contributed by atoms with Gasteiger partial charge in [0.15, 0.2) is 5.96 Å². The van der Waals surface area contributed by atoms with Gasteiger partial charge >= 0.3 is 0 Å². The van der Waals surface area contributed by atoms with Crippen LogP contribution in [-0.4, -0.2) is 51.9 Å². The molecule has 2 unspecified atom stereocenters. The van der Waals surface area contributed by atoms with E-state index in [4.69, 9.17) is 9.73 Å². The molecule has 2 rings (SSSR count). The van der Waals surface area contributed by atoms with Crippen LogP contribution in [-0.2, 0) is 4.74 Å². The standard InChI is InChI=1S/C18H29BrN4O/c1-4-20-18(22-14(2)13-24-3)21-11-15-8-9-23(12-15)17-7-5-6-16(19)10-17/h5-7,10,14-15H,4,8-9,11-13H2,1-3H3,(H2,20,21,22). The molecule has 0 aromatic heterocycles. The van der Waals surface area contributed by atoms with E-state index in [1.807, 2.05) is 0 Å². The highest BCUT2D eigenvalue weighted by molar-refractivity contribution is 9.10. The summed E-state index contributed by atoms with van der Waals surface area (Å²) in [5.41, 5.74) is 1.29. The van der Waals surface area contributed by atoms with Crippen LogP contribution in [0.3, 0.4) is 0 Å². The molecular formula is C18H29BrN4O. The summed E-state index contributed by atoms with van der Waals surface area (Å²) in [6, 6.07) is 8.76. The zero-order valence-electron chi connectivity index (χ0n) is 14.9. The van der Waals surface area contributed by atoms with E-state index < -0.39 is 0 Å². The van der Waals surface area contributed by atoms with E-state index in [-0.39, 0.29) is 6.04 Å². The van der Waals surface area contributed by atoms with Gasteiger partial charge in [-0.2, -0.15) is 0 Å². The maximum atomic E-state index is 5.18. The van der Waals surface area contributed by atoms with Crippen molar-refractivity contribution < 1.29 is 4.74 Å². The van der Waals surface area contributed by atoms with Gasteiger partial charge < -0.3 is 20.3 Å².